The number of likely N-dealkylation sites (N-methyl/N-ethyl adjacent to an activating group) is 2. The molecule has 33 heteroatoms. The zero-order chi connectivity index (χ0) is 57.4. The number of amides is 9. The highest BCUT2D eigenvalue weighted by molar-refractivity contribution is 5.99. The number of carboxylic acids is 3. The lowest BCUT2D eigenvalue weighted by atomic mass is 10.0. The van der Waals surface area contributed by atoms with E-state index in [2.05, 4.69) is 63.8 Å². The highest BCUT2D eigenvalue weighted by atomic mass is 16.4. The summed E-state index contributed by atoms with van der Waals surface area (Å²) in [6.07, 6.45) is -2.73. The molecule has 0 heterocycles. The Hall–Kier alpha value is -7.94. The van der Waals surface area contributed by atoms with Crippen LogP contribution < -0.4 is 81.0 Å². The average Bonchev–Trinajstić information content (AvgIpc) is 3.32. The molecule has 0 unspecified atom stereocenters. The van der Waals surface area contributed by atoms with Gasteiger partial charge in [0.2, 0.25) is 53.2 Å². The smallest absolute Gasteiger partial charge is 0.305 e. The van der Waals surface area contributed by atoms with Crippen LogP contribution in [0, 0.1) is 10.8 Å². The highest BCUT2D eigenvalue weighted by Crippen LogP contribution is 2.09. The summed E-state index contributed by atoms with van der Waals surface area (Å²) in [5, 5.41) is 81.0. The first kappa shape index (κ1) is 67.1. The minimum Gasteiger partial charge on any atom is -0.481 e. The Balaban J connectivity index is 6.56. The fourth-order valence-corrected chi connectivity index (χ4v) is 6.58. The van der Waals surface area contributed by atoms with E-state index in [1.54, 1.807) is 0 Å². The van der Waals surface area contributed by atoms with Gasteiger partial charge < -0.3 is 101 Å². The summed E-state index contributed by atoms with van der Waals surface area (Å²) in [4.78, 5) is 155. The number of aliphatic carboxylic acids is 3. The lowest BCUT2D eigenvalue weighted by molar-refractivity contribution is -0.142. The van der Waals surface area contributed by atoms with Gasteiger partial charge in [0.25, 0.3) is 0 Å². The van der Waals surface area contributed by atoms with Crippen LogP contribution in [-0.2, 0) is 57.5 Å². The van der Waals surface area contributed by atoms with Crippen LogP contribution in [0.25, 0.3) is 0 Å². The highest BCUT2D eigenvalue weighted by Gasteiger charge is 2.35. The van der Waals surface area contributed by atoms with Crippen LogP contribution in [-0.4, -0.2) is 198 Å². The van der Waals surface area contributed by atoms with Crippen molar-refractivity contribution in [1.82, 2.24) is 63.8 Å². The molecule has 75 heavy (non-hydrogen) atoms. The molecule has 0 fully saturated rings. The number of carbonyl (C=O) groups is 12. The molecule has 0 aliphatic rings. The van der Waals surface area contributed by atoms with Gasteiger partial charge in [0.05, 0.1) is 19.4 Å². The molecular formula is C42H75N17O16. The number of aliphatic hydroxyl groups excluding tert-OH is 1. The van der Waals surface area contributed by atoms with E-state index in [0.29, 0.717) is 6.42 Å². The van der Waals surface area contributed by atoms with Crippen molar-refractivity contribution in [2.75, 3.05) is 40.3 Å². The van der Waals surface area contributed by atoms with Crippen LogP contribution in [0.4, 0.5) is 0 Å². The topological polar surface area (TPSA) is 556 Å². The molecule has 0 aromatic rings. The second kappa shape index (κ2) is 36.1. The summed E-state index contributed by atoms with van der Waals surface area (Å²) in [5.41, 5.74) is 16.3. The Labute approximate surface area is 431 Å². The third-order valence-electron chi connectivity index (χ3n) is 10.7. The van der Waals surface area contributed by atoms with Gasteiger partial charge in [-0.25, -0.2) is 0 Å². The van der Waals surface area contributed by atoms with Gasteiger partial charge in [-0.05, 0) is 78.8 Å². The third-order valence-corrected chi connectivity index (χ3v) is 10.7. The SMILES string of the molecule is CNC(=O)[C@H](CC(=O)O)NC(=O)[C@H](C)NC(=O)[C@H](CC(=O)O)NC(=O)[C@H](CCCNC(=N)N)NC(=O)[C@H](C)NC(=O)[C@H](CCCCN)NC(=O)[C@H](CCC(=O)O)NC(=O)[C@H](CCCNC(=N)N)NC(=O)[C@H](CO)NC. The van der Waals surface area contributed by atoms with Gasteiger partial charge >= 0.3 is 17.9 Å². The molecule has 0 aromatic carbocycles. The van der Waals surface area contributed by atoms with Crippen LogP contribution >= 0.6 is 0 Å². The molecule has 0 bridgehead atoms. The fraction of sp³-hybridized carbons (Fsp3) is 0.667. The summed E-state index contributed by atoms with van der Waals surface area (Å²) in [5.74, 6) is -14.2. The zero-order valence-electron chi connectivity index (χ0n) is 42.2. The van der Waals surface area contributed by atoms with Crippen molar-refractivity contribution in [3.8, 4) is 0 Å². The summed E-state index contributed by atoms with van der Waals surface area (Å²) in [6, 6.07) is -13.6. The number of carboxylic acid groups (broad SMARTS) is 3. The molecule has 24 N–H and O–H groups in total. The quantitative estimate of drug-likeness (QED) is 0.0155. The van der Waals surface area contributed by atoms with Gasteiger partial charge in [0.1, 0.15) is 54.4 Å². The second-order valence-corrected chi connectivity index (χ2v) is 16.8. The maximum Gasteiger partial charge on any atom is 0.305 e. The van der Waals surface area contributed by atoms with Crippen molar-refractivity contribution in [2.45, 2.75) is 139 Å². The molecule has 424 valence electrons. The van der Waals surface area contributed by atoms with Crippen molar-refractivity contribution < 1.29 is 78.0 Å². The fourth-order valence-electron chi connectivity index (χ4n) is 6.58. The Kier molecular flexibility index (Phi) is 32.2. The summed E-state index contributed by atoms with van der Waals surface area (Å²) >= 11 is 0. The zero-order valence-corrected chi connectivity index (χ0v) is 42.2. The maximum atomic E-state index is 13.9. The maximum absolute atomic E-state index is 13.9. The van der Waals surface area contributed by atoms with Crippen molar-refractivity contribution in [2.24, 2.45) is 17.2 Å². The van der Waals surface area contributed by atoms with Crippen LogP contribution in [0.15, 0.2) is 0 Å². The first-order chi connectivity index (χ1) is 35.2. The Morgan fingerprint density at radius 1 is 0.440 bits per heavy atom. The van der Waals surface area contributed by atoms with Gasteiger partial charge in [-0.2, -0.15) is 0 Å². The standard InChI is InChI=1S/C42H75N17O16/c1-20(32(67)54-23(10-7-15-50-41(44)45)37(72)59-27(18-31(65)66)39(74)53-21(2)33(68)58-26(17-30(63)64)34(69)49-4)52-35(70)22(9-5-6-14-43)55-38(73)25(12-13-29(61)62)57-36(71)24(11-8-16-51-42(46)47)56-40(75)28(19-60)48-3/h20-28,48,60H,5-19,43H2,1-4H3,(H,49,69)(H,52,70)(H,53,74)(H,54,67)(H,55,73)(H,56,75)(H,57,71)(H,58,68)(H,59,72)(H,61,62)(H,63,64)(H,65,66)(H4,44,45,50)(H4,46,47,51)/t20-,21-,22-,23-,24-,25-,26-,27-,28-/m0/s1. The molecule has 0 saturated heterocycles. The molecule has 0 spiro atoms. The number of guanidine groups is 2. The van der Waals surface area contributed by atoms with Crippen molar-refractivity contribution >= 4 is 83.0 Å². The predicted molar refractivity (Wildman–Crippen MR) is 263 cm³/mol. The largest absolute Gasteiger partial charge is 0.481 e. The summed E-state index contributed by atoms with van der Waals surface area (Å²) in [7, 11) is 2.57. The predicted octanol–water partition coefficient (Wildman–Crippen LogP) is -8.30. The van der Waals surface area contributed by atoms with E-state index in [9.17, 15) is 72.9 Å². The molecule has 0 saturated carbocycles. The van der Waals surface area contributed by atoms with E-state index >= 15 is 0 Å². The number of carbonyl (C=O) groups excluding carboxylic acids is 9. The van der Waals surface area contributed by atoms with Gasteiger partial charge in [0.15, 0.2) is 11.9 Å². The first-order valence-electron chi connectivity index (χ1n) is 23.6. The minimum absolute atomic E-state index is 0.0155. The molecule has 0 rings (SSSR count). The van der Waals surface area contributed by atoms with E-state index < -0.39 is 164 Å². The number of nitrogens with two attached hydrogens (primary N) is 3. The van der Waals surface area contributed by atoms with Gasteiger partial charge in [-0.3, -0.25) is 68.4 Å². The molecule has 0 aliphatic carbocycles. The average molecular weight is 1070 g/mol. The first-order valence-corrected chi connectivity index (χ1v) is 23.6. The molecular weight excluding hydrogens is 999 g/mol. The second-order valence-electron chi connectivity index (χ2n) is 16.8. The molecule has 9 atom stereocenters. The number of hydrogen-bond donors (Lipinski definition) is 21. The minimum atomic E-state index is -1.90. The molecule has 33 nitrogen and oxygen atoms in total. The Morgan fingerprint density at radius 3 is 1.13 bits per heavy atom. The molecule has 0 aliphatic heterocycles. The monoisotopic (exact) mass is 1070 g/mol. The number of nitrogens with one attached hydrogen (secondary N) is 14. The summed E-state index contributed by atoms with van der Waals surface area (Å²) < 4.78 is 0. The Bertz CT molecular complexity index is 2010. The van der Waals surface area contributed by atoms with E-state index in [1.807, 2.05) is 0 Å². The summed E-state index contributed by atoms with van der Waals surface area (Å²) in [6.45, 7) is 1.91. The van der Waals surface area contributed by atoms with E-state index in [1.165, 1.54) is 21.0 Å². The van der Waals surface area contributed by atoms with Crippen LogP contribution in [0.5, 0.6) is 0 Å². The van der Waals surface area contributed by atoms with E-state index in [4.69, 9.17) is 33.1 Å². The van der Waals surface area contributed by atoms with Crippen molar-refractivity contribution in [1.29, 1.82) is 10.8 Å². The number of hydrogen-bond acceptors (Lipinski definition) is 17. The Morgan fingerprint density at radius 2 is 0.773 bits per heavy atom. The van der Waals surface area contributed by atoms with Crippen molar-refractivity contribution in [3.05, 3.63) is 0 Å². The van der Waals surface area contributed by atoms with Gasteiger partial charge in [-0.15, -0.1) is 0 Å². The molecule has 0 aromatic heterocycles. The molecule has 0 radical (unpaired) electrons. The lowest BCUT2D eigenvalue weighted by Gasteiger charge is -2.27. The lowest BCUT2D eigenvalue weighted by Crippen LogP contribution is -2.60. The number of unbranched alkanes of at least 4 members (excludes halogenated alkanes) is 1. The van der Waals surface area contributed by atoms with E-state index in [-0.39, 0.29) is 64.1 Å². The van der Waals surface area contributed by atoms with Crippen LogP contribution in [0.3, 0.4) is 0 Å². The van der Waals surface area contributed by atoms with E-state index in [0.717, 1.165) is 6.92 Å². The van der Waals surface area contributed by atoms with Crippen LogP contribution in [0.1, 0.15) is 84.5 Å². The van der Waals surface area contributed by atoms with Crippen molar-refractivity contribution in [3.63, 3.8) is 0 Å². The van der Waals surface area contributed by atoms with Crippen LogP contribution in [0.2, 0.25) is 0 Å². The normalized spacial score (nSPS) is 14.3. The third kappa shape index (κ3) is 28.2. The number of aliphatic hydroxyl groups is 1. The van der Waals surface area contributed by atoms with Gasteiger partial charge in [0, 0.05) is 26.6 Å². The molecule has 9 amide bonds. The van der Waals surface area contributed by atoms with Gasteiger partial charge in [-0.1, -0.05) is 0 Å². The number of rotatable bonds is 38.